The normalized spacial score (nSPS) is 13.7. The Morgan fingerprint density at radius 3 is 2.26 bits per heavy atom. The Labute approximate surface area is 111 Å². The van der Waals surface area contributed by atoms with E-state index in [1.807, 2.05) is 13.8 Å². The molecule has 0 aliphatic rings. The van der Waals surface area contributed by atoms with Crippen LogP contribution < -0.4 is 4.74 Å². The van der Waals surface area contributed by atoms with Crippen LogP contribution in [0.1, 0.15) is 43.9 Å². The quantitative estimate of drug-likeness (QED) is 0.874. The van der Waals surface area contributed by atoms with Gasteiger partial charge in [0.15, 0.2) is 0 Å². The van der Waals surface area contributed by atoms with Crippen LogP contribution in [-0.2, 0) is 6.18 Å². The van der Waals surface area contributed by atoms with Crippen molar-refractivity contribution in [1.29, 1.82) is 0 Å². The van der Waals surface area contributed by atoms with Gasteiger partial charge in [0, 0.05) is 0 Å². The van der Waals surface area contributed by atoms with Gasteiger partial charge in [-0.2, -0.15) is 13.2 Å². The number of aliphatic hydroxyl groups is 1. The van der Waals surface area contributed by atoms with Crippen LogP contribution in [0.2, 0.25) is 0 Å². The average molecular weight is 276 g/mol. The molecule has 0 saturated carbocycles. The van der Waals surface area contributed by atoms with Crippen LogP contribution in [0.15, 0.2) is 18.2 Å². The predicted octanol–water partition coefficient (Wildman–Crippen LogP) is 4.18. The summed E-state index contributed by atoms with van der Waals surface area (Å²) < 4.78 is 43.0. The van der Waals surface area contributed by atoms with E-state index in [0.29, 0.717) is 12.3 Å². The number of halogens is 3. The van der Waals surface area contributed by atoms with Crippen molar-refractivity contribution in [1.82, 2.24) is 0 Å². The van der Waals surface area contributed by atoms with Gasteiger partial charge in [-0.3, -0.25) is 0 Å². The maximum atomic E-state index is 12.7. The Hall–Kier alpha value is -1.23. The molecule has 0 amide bonds. The lowest BCUT2D eigenvalue weighted by Gasteiger charge is -2.16. The van der Waals surface area contributed by atoms with E-state index < -0.39 is 17.8 Å². The molecular formula is C14H19F3O2. The van der Waals surface area contributed by atoms with E-state index in [1.165, 1.54) is 13.2 Å². The SMILES string of the molecule is COc1cc(C(O)CCC(C)C)cc(C(F)(F)F)c1. The van der Waals surface area contributed by atoms with Crippen molar-refractivity contribution in [3.63, 3.8) is 0 Å². The van der Waals surface area contributed by atoms with Crippen LogP contribution in [0.4, 0.5) is 13.2 Å². The van der Waals surface area contributed by atoms with Crippen molar-refractivity contribution in [3.05, 3.63) is 29.3 Å². The first-order valence-corrected chi connectivity index (χ1v) is 6.18. The van der Waals surface area contributed by atoms with E-state index in [2.05, 4.69) is 0 Å². The van der Waals surface area contributed by atoms with Crippen LogP contribution in [-0.4, -0.2) is 12.2 Å². The zero-order valence-corrected chi connectivity index (χ0v) is 11.3. The van der Waals surface area contributed by atoms with E-state index >= 15 is 0 Å². The molecule has 2 nitrogen and oxygen atoms in total. The molecule has 5 heteroatoms. The molecular weight excluding hydrogens is 257 g/mol. The largest absolute Gasteiger partial charge is 0.497 e. The molecule has 0 saturated heterocycles. The zero-order valence-electron chi connectivity index (χ0n) is 11.3. The maximum Gasteiger partial charge on any atom is 0.416 e. The Morgan fingerprint density at radius 2 is 1.79 bits per heavy atom. The Balaban J connectivity index is 2.99. The fraction of sp³-hybridized carbons (Fsp3) is 0.571. The van der Waals surface area contributed by atoms with Gasteiger partial charge >= 0.3 is 6.18 Å². The molecule has 1 aromatic rings. The molecule has 0 fully saturated rings. The van der Waals surface area contributed by atoms with Gasteiger partial charge in [0.2, 0.25) is 0 Å². The maximum absolute atomic E-state index is 12.7. The lowest BCUT2D eigenvalue weighted by molar-refractivity contribution is -0.137. The van der Waals surface area contributed by atoms with Crippen molar-refractivity contribution in [2.24, 2.45) is 5.92 Å². The topological polar surface area (TPSA) is 29.5 Å². The molecule has 0 radical (unpaired) electrons. The van der Waals surface area contributed by atoms with Crippen molar-refractivity contribution in [3.8, 4) is 5.75 Å². The number of methoxy groups -OCH3 is 1. The minimum Gasteiger partial charge on any atom is -0.497 e. The molecule has 0 aliphatic heterocycles. The minimum atomic E-state index is -4.44. The van der Waals surface area contributed by atoms with Crippen LogP contribution in [0.5, 0.6) is 5.75 Å². The number of hydrogen-bond donors (Lipinski definition) is 1. The average Bonchev–Trinajstić information content (AvgIpc) is 2.34. The van der Waals surface area contributed by atoms with Crippen LogP contribution in [0, 0.1) is 5.92 Å². The third-order valence-electron chi connectivity index (χ3n) is 2.89. The van der Waals surface area contributed by atoms with Gasteiger partial charge in [-0.1, -0.05) is 13.8 Å². The molecule has 0 aliphatic carbocycles. The summed E-state index contributed by atoms with van der Waals surface area (Å²) in [5, 5.41) is 9.96. The van der Waals surface area contributed by atoms with Crippen LogP contribution >= 0.6 is 0 Å². The number of rotatable bonds is 5. The second kappa shape index (κ2) is 6.28. The highest BCUT2D eigenvalue weighted by molar-refractivity contribution is 5.37. The number of hydrogen-bond acceptors (Lipinski definition) is 2. The van der Waals surface area contributed by atoms with Gasteiger partial charge in [-0.25, -0.2) is 0 Å². The summed E-state index contributed by atoms with van der Waals surface area (Å²) in [6.07, 6.45) is -4.17. The van der Waals surface area contributed by atoms with E-state index in [1.54, 1.807) is 0 Å². The fourth-order valence-electron chi connectivity index (χ4n) is 1.75. The van der Waals surface area contributed by atoms with Crippen molar-refractivity contribution < 1.29 is 23.0 Å². The molecule has 0 heterocycles. The van der Waals surface area contributed by atoms with Gasteiger partial charge in [-0.05, 0) is 42.5 Å². The smallest absolute Gasteiger partial charge is 0.416 e. The summed E-state index contributed by atoms with van der Waals surface area (Å²) in [6.45, 7) is 4.00. The first-order chi connectivity index (χ1) is 8.74. The van der Waals surface area contributed by atoms with Crippen molar-refractivity contribution >= 4 is 0 Å². The number of aliphatic hydroxyl groups excluding tert-OH is 1. The lowest BCUT2D eigenvalue weighted by atomic mass is 9.98. The van der Waals surface area contributed by atoms with Crippen LogP contribution in [0.3, 0.4) is 0 Å². The number of benzene rings is 1. The lowest BCUT2D eigenvalue weighted by Crippen LogP contribution is -2.08. The Morgan fingerprint density at radius 1 is 1.16 bits per heavy atom. The first kappa shape index (κ1) is 15.8. The Bertz CT molecular complexity index is 414. The number of alkyl halides is 3. The summed E-state index contributed by atoms with van der Waals surface area (Å²) in [6, 6.07) is 3.35. The molecule has 1 atom stereocenters. The van der Waals surface area contributed by atoms with Gasteiger partial charge in [-0.15, -0.1) is 0 Å². The summed E-state index contributed by atoms with van der Waals surface area (Å²) >= 11 is 0. The summed E-state index contributed by atoms with van der Waals surface area (Å²) in [7, 11) is 1.31. The first-order valence-electron chi connectivity index (χ1n) is 6.18. The highest BCUT2D eigenvalue weighted by Gasteiger charge is 2.32. The standard InChI is InChI=1S/C14H19F3O2/c1-9(2)4-5-13(18)10-6-11(14(15,16)17)8-12(7-10)19-3/h6-9,13,18H,4-5H2,1-3H3. The molecule has 108 valence electrons. The highest BCUT2D eigenvalue weighted by atomic mass is 19.4. The van der Waals surface area contributed by atoms with Crippen LogP contribution in [0.25, 0.3) is 0 Å². The monoisotopic (exact) mass is 276 g/mol. The summed E-state index contributed by atoms with van der Waals surface area (Å²) in [4.78, 5) is 0. The zero-order chi connectivity index (χ0) is 14.6. The Kier molecular flexibility index (Phi) is 5.23. The van der Waals surface area contributed by atoms with Gasteiger partial charge in [0.1, 0.15) is 5.75 Å². The second-order valence-electron chi connectivity index (χ2n) is 4.98. The van der Waals surface area contributed by atoms with Crippen molar-refractivity contribution in [2.45, 2.75) is 39.0 Å². The van der Waals surface area contributed by atoms with E-state index in [4.69, 9.17) is 4.74 Å². The molecule has 19 heavy (non-hydrogen) atoms. The third-order valence-corrected chi connectivity index (χ3v) is 2.89. The summed E-state index contributed by atoms with van der Waals surface area (Å²) in [5.41, 5.74) is -0.558. The molecule has 1 aromatic carbocycles. The fourth-order valence-corrected chi connectivity index (χ4v) is 1.75. The van der Waals surface area contributed by atoms with Gasteiger partial charge < -0.3 is 9.84 Å². The third kappa shape index (κ3) is 4.74. The predicted molar refractivity (Wildman–Crippen MR) is 67.0 cm³/mol. The molecule has 0 bridgehead atoms. The van der Waals surface area contributed by atoms with Gasteiger partial charge in [0.25, 0.3) is 0 Å². The molecule has 1 unspecified atom stereocenters. The molecule has 1 rings (SSSR count). The highest BCUT2D eigenvalue weighted by Crippen LogP contribution is 2.35. The molecule has 0 aromatic heterocycles. The van der Waals surface area contributed by atoms with Gasteiger partial charge in [0.05, 0.1) is 18.8 Å². The van der Waals surface area contributed by atoms with Crippen molar-refractivity contribution in [2.75, 3.05) is 7.11 Å². The number of ether oxygens (including phenoxy) is 1. The molecule has 0 spiro atoms. The van der Waals surface area contributed by atoms with E-state index in [-0.39, 0.29) is 11.3 Å². The summed E-state index contributed by atoms with van der Waals surface area (Å²) in [5.74, 6) is 0.496. The van der Waals surface area contributed by atoms with E-state index in [9.17, 15) is 18.3 Å². The van der Waals surface area contributed by atoms with E-state index in [0.717, 1.165) is 18.6 Å². The molecule has 1 N–H and O–H groups in total. The second-order valence-corrected chi connectivity index (χ2v) is 4.98. The minimum absolute atomic E-state index is 0.105.